The van der Waals surface area contributed by atoms with E-state index in [0.29, 0.717) is 23.9 Å². The van der Waals surface area contributed by atoms with Crippen LogP contribution in [0.25, 0.3) is 0 Å². The molecule has 1 amide bonds. The van der Waals surface area contributed by atoms with Crippen LogP contribution in [-0.4, -0.2) is 16.9 Å². The van der Waals surface area contributed by atoms with Crippen LogP contribution in [0.3, 0.4) is 0 Å². The second-order valence-electron chi connectivity index (χ2n) is 5.57. The molecule has 0 aliphatic carbocycles. The number of amides is 1. The fourth-order valence-electron chi connectivity index (χ4n) is 2.45. The summed E-state index contributed by atoms with van der Waals surface area (Å²) in [5.74, 6) is 1.20. The molecule has 3 rings (SSSR count). The minimum atomic E-state index is -0.631. The van der Waals surface area contributed by atoms with Crippen LogP contribution < -0.4 is 4.74 Å². The molecule has 0 N–H and O–H groups in total. The SMILES string of the molecule is CC(Oc1cccc(Cl)c1)C(=O)N(Cc1ccco1)Cc1cccs1. The molecule has 0 aliphatic rings. The van der Waals surface area contributed by atoms with Crippen molar-refractivity contribution in [2.45, 2.75) is 26.1 Å². The number of carbonyl (C=O) groups excluding carboxylic acids is 1. The van der Waals surface area contributed by atoms with Crippen molar-refractivity contribution in [1.29, 1.82) is 0 Å². The first kappa shape index (κ1) is 17.6. The number of hydrogen-bond acceptors (Lipinski definition) is 4. The highest BCUT2D eigenvalue weighted by atomic mass is 35.5. The van der Waals surface area contributed by atoms with Crippen LogP contribution >= 0.6 is 22.9 Å². The molecular formula is C19H18ClNO3S. The Morgan fingerprint density at radius 1 is 1.24 bits per heavy atom. The van der Waals surface area contributed by atoms with E-state index in [-0.39, 0.29) is 5.91 Å². The highest BCUT2D eigenvalue weighted by Crippen LogP contribution is 2.20. The topological polar surface area (TPSA) is 42.7 Å². The molecule has 2 aromatic heterocycles. The number of halogens is 1. The summed E-state index contributed by atoms with van der Waals surface area (Å²) in [5, 5.41) is 2.57. The maximum absolute atomic E-state index is 12.9. The number of thiophene rings is 1. The summed E-state index contributed by atoms with van der Waals surface area (Å²) < 4.78 is 11.2. The third kappa shape index (κ3) is 4.87. The number of rotatable bonds is 7. The zero-order chi connectivity index (χ0) is 17.6. The van der Waals surface area contributed by atoms with Crippen molar-refractivity contribution in [3.05, 3.63) is 75.8 Å². The molecule has 1 atom stereocenters. The largest absolute Gasteiger partial charge is 0.481 e. The quantitative estimate of drug-likeness (QED) is 0.584. The minimum absolute atomic E-state index is 0.107. The number of benzene rings is 1. The van der Waals surface area contributed by atoms with Gasteiger partial charge in [-0.05, 0) is 48.7 Å². The lowest BCUT2D eigenvalue weighted by Gasteiger charge is -2.25. The van der Waals surface area contributed by atoms with E-state index in [0.717, 1.165) is 10.6 Å². The lowest BCUT2D eigenvalue weighted by atomic mass is 10.2. The Hall–Kier alpha value is -2.24. The Kier molecular flexibility index (Phi) is 5.79. The summed E-state index contributed by atoms with van der Waals surface area (Å²) in [6, 6.07) is 14.7. The van der Waals surface area contributed by atoms with Gasteiger partial charge in [-0.15, -0.1) is 11.3 Å². The van der Waals surface area contributed by atoms with E-state index in [1.807, 2.05) is 29.6 Å². The Morgan fingerprint density at radius 3 is 2.80 bits per heavy atom. The highest BCUT2D eigenvalue weighted by Gasteiger charge is 2.23. The van der Waals surface area contributed by atoms with Gasteiger partial charge in [-0.1, -0.05) is 23.7 Å². The Labute approximate surface area is 155 Å². The van der Waals surface area contributed by atoms with Crippen molar-refractivity contribution in [2.75, 3.05) is 0 Å². The molecule has 130 valence electrons. The van der Waals surface area contributed by atoms with Crippen molar-refractivity contribution >= 4 is 28.8 Å². The van der Waals surface area contributed by atoms with Crippen LogP contribution in [-0.2, 0) is 17.9 Å². The first-order chi connectivity index (χ1) is 12.1. The molecule has 0 saturated carbocycles. The van der Waals surface area contributed by atoms with Gasteiger partial charge >= 0.3 is 0 Å². The van der Waals surface area contributed by atoms with E-state index in [4.69, 9.17) is 20.8 Å². The lowest BCUT2D eigenvalue weighted by molar-refractivity contribution is -0.139. The van der Waals surface area contributed by atoms with Gasteiger partial charge in [-0.3, -0.25) is 4.79 Å². The van der Waals surface area contributed by atoms with E-state index < -0.39 is 6.10 Å². The third-order valence-corrected chi connectivity index (χ3v) is 4.72. The normalized spacial score (nSPS) is 11.9. The Bertz CT molecular complexity index is 766. The van der Waals surface area contributed by atoms with Gasteiger partial charge in [0.15, 0.2) is 6.10 Å². The van der Waals surface area contributed by atoms with Crippen molar-refractivity contribution < 1.29 is 13.9 Å². The third-order valence-electron chi connectivity index (χ3n) is 3.62. The zero-order valence-corrected chi connectivity index (χ0v) is 15.3. The van der Waals surface area contributed by atoms with Crippen LogP contribution in [0.1, 0.15) is 17.6 Å². The molecule has 4 nitrogen and oxygen atoms in total. The fourth-order valence-corrected chi connectivity index (χ4v) is 3.34. The van der Waals surface area contributed by atoms with Gasteiger partial charge in [0, 0.05) is 9.90 Å². The number of carbonyl (C=O) groups is 1. The zero-order valence-electron chi connectivity index (χ0n) is 13.7. The molecule has 0 radical (unpaired) electrons. The van der Waals surface area contributed by atoms with Crippen LogP contribution in [0.4, 0.5) is 0 Å². The van der Waals surface area contributed by atoms with Crippen molar-refractivity contribution in [2.24, 2.45) is 0 Å². The van der Waals surface area contributed by atoms with Gasteiger partial charge in [-0.25, -0.2) is 0 Å². The summed E-state index contributed by atoms with van der Waals surface area (Å²) in [6.45, 7) is 2.65. The van der Waals surface area contributed by atoms with Crippen LogP contribution in [0.2, 0.25) is 5.02 Å². The molecule has 0 aliphatic heterocycles. The first-order valence-electron chi connectivity index (χ1n) is 7.87. The van der Waals surface area contributed by atoms with E-state index in [9.17, 15) is 4.79 Å². The molecule has 3 aromatic rings. The second kappa shape index (κ2) is 8.23. The number of nitrogens with zero attached hydrogens (tertiary/aromatic N) is 1. The summed E-state index contributed by atoms with van der Waals surface area (Å²) in [5.41, 5.74) is 0. The molecule has 0 spiro atoms. The van der Waals surface area contributed by atoms with Gasteiger partial charge in [-0.2, -0.15) is 0 Å². The maximum Gasteiger partial charge on any atom is 0.264 e. The monoisotopic (exact) mass is 375 g/mol. The average molecular weight is 376 g/mol. The Balaban J connectivity index is 1.72. The molecule has 0 fully saturated rings. The second-order valence-corrected chi connectivity index (χ2v) is 7.04. The Morgan fingerprint density at radius 2 is 2.12 bits per heavy atom. The van der Waals surface area contributed by atoms with E-state index in [2.05, 4.69) is 0 Å². The van der Waals surface area contributed by atoms with Crippen LogP contribution in [0.5, 0.6) is 5.75 Å². The van der Waals surface area contributed by atoms with Crippen molar-refractivity contribution in [1.82, 2.24) is 4.90 Å². The van der Waals surface area contributed by atoms with E-state index >= 15 is 0 Å². The van der Waals surface area contributed by atoms with Crippen LogP contribution in [0.15, 0.2) is 64.6 Å². The molecule has 25 heavy (non-hydrogen) atoms. The van der Waals surface area contributed by atoms with E-state index in [1.54, 1.807) is 53.7 Å². The summed E-state index contributed by atoms with van der Waals surface area (Å²) >= 11 is 7.59. The van der Waals surface area contributed by atoms with Gasteiger partial charge in [0.25, 0.3) is 5.91 Å². The maximum atomic E-state index is 12.9. The van der Waals surface area contributed by atoms with Gasteiger partial charge in [0.2, 0.25) is 0 Å². The average Bonchev–Trinajstić information content (AvgIpc) is 3.27. The van der Waals surface area contributed by atoms with Crippen LogP contribution in [0, 0.1) is 0 Å². The smallest absolute Gasteiger partial charge is 0.264 e. The predicted molar refractivity (Wildman–Crippen MR) is 98.8 cm³/mol. The fraction of sp³-hybridized carbons (Fsp3) is 0.211. The van der Waals surface area contributed by atoms with Gasteiger partial charge in [0.05, 0.1) is 19.4 Å². The molecule has 0 saturated heterocycles. The van der Waals surface area contributed by atoms with Gasteiger partial charge in [0.1, 0.15) is 11.5 Å². The highest BCUT2D eigenvalue weighted by molar-refractivity contribution is 7.09. The van der Waals surface area contributed by atoms with Crippen molar-refractivity contribution in [3.63, 3.8) is 0 Å². The summed E-state index contributed by atoms with van der Waals surface area (Å²) in [4.78, 5) is 15.8. The number of hydrogen-bond donors (Lipinski definition) is 0. The first-order valence-corrected chi connectivity index (χ1v) is 9.13. The molecule has 1 unspecified atom stereocenters. The molecule has 6 heteroatoms. The molecule has 0 bridgehead atoms. The standard InChI is InChI=1S/C19H18ClNO3S/c1-14(24-16-6-2-5-15(20)11-16)19(22)21(12-17-7-3-9-23-17)13-18-8-4-10-25-18/h2-11,14H,12-13H2,1H3. The molecular weight excluding hydrogens is 358 g/mol. The lowest BCUT2D eigenvalue weighted by Crippen LogP contribution is -2.39. The van der Waals surface area contributed by atoms with Gasteiger partial charge < -0.3 is 14.1 Å². The molecule has 2 heterocycles. The van der Waals surface area contributed by atoms with E-state index in [1.165, 1.54) is 0 Å². The number of ether oxygens (including phenoxy) is 1. The number of furan rings is 1. The minimum Gasteiger partial charge on any atom is -0.481 e. The molecule has 1 aromatic carbocycles. The van der Waals surface area contributed by atoms with Crippen molar-refractivity contribution in [3.8, 4) is 5.75 Å². The summed E-state index contributed by atoms with van der Waals surface area (Å²) in [6.07, 6.45) is 0.975. The summed E-state index contributed by atoms with van der Waals surface area (Å²) in [7, 11) is 0. The predicted octanol–water partition coefficient (Wildman–Crippen LogP) is 4.99.